The lowest BCUT2D eigenvalue weighted by Gasteiger charge is -2.39. The topological polar surface area (TPSA) is 59.8 Å². The molecule has 0 aliphatic carbocycles. The highest BCUT2D eigenvalue weighted by molar-refractivity contribution is 5.94. The molecule has 0 radical (unpaired) electrons. The van der Waals surface area contributed by atoms with Crippen LogP contribution in [0.15, 0.2) is 45.6 Å². The highest BCUT2D eigenvalue weighted by Crippen LogP contribution is 2.20. The molecule has 1 fully saturated rings. The summed E-state index contributed by atoms with van der Waals surface area (Å²) in [5.41, 5.74) is 1.52. The number of rotatable bonds is 5. The Morgan fingerprint density at radius 2 is 1.96 bits per heavy atom. The first-order valence-electron chi connectivity index (χ1n) is 8.22. The largest absolute Gasteiger partial charge is 0.486 e. The minimum Gasteiger partial charge on any atom is -0.486 e. The average Bonchev–Trinajstić information content (AvgIpc) is 2.50. The third-order valence-electron chi connectivity index (χ3n) is 4.04. The SMILES string of the molecule is CCCc1ccc(C(=O)N2CC(Oc3cc(C)oc(=O)c3)C2)cc1. The van der Waals surface area contributed by atoms with Crippen LogP contribution in [0.5, 0.6) is 5.75 Å². The van der Waals surface area contributed by atoms with Gasteiger partial charge in [-0.25, -0.2) is 4.79 Å². The van der Waals surface area contributed by atoms with Gasteiger partial charge in [-0.1, -0.05) is 25.5 Å². The molecule has 1 aliphatic rings. The van der Waals surface area contributed by atoms with Crippen LogP contribution >= 0.6 is 0 Å². The Bertz CT molecular complexity index is 773. The third kappa shape index (κ3) is 3.67. The van der Waals surface area contributed by atoms with Crippen LogP contribution in [-0.2, 0) is 6.42 Å². The molecule has 3 rings (SSSR count). The molecule has 1 saturated heterocycles. The molecule has 2 aromatic rings. The summed E-state index contributed by atoms with van der Waals surface area (Å²) in [7, 11) is 0. The van der Waals surface area contributed by atoms with E-state index < -0.39 is 5.63 Å². The van der Waals surface area contributed by atoms with Crippen LogP contribution in [0.2, 0.25) is 0 Å². The predicted octanol–water partition coefficient (Wildman–Crippen LogP) is 2.80. The number of carbonyl (C=O) groups is 1. The summed E-state index contributed by atoms with van der Waals surface area (Å²) in [6, 6.07) is 10.8. The monoisotopic (exact) mass is 327 g/mol. The fourth-order valence-corrected chi connectivity index (χ4v) is 2.80. The second-order valence-electron chi connectivity index (χ2n) is 6.12. The first kappa shape index (κ1) is 16.3. The summed E-state index contributed by atoms with van der Waals surface area (Å²) >= 11 is 0. The lowest BCUT2D eigenvalue weighted by molar-refractivity contribution is 0.0175. The maximum Gasteiger partial charge on any atom is 0.339 e. The van der Waals surface area contributed by atoms with Crippen molar-refractivity contribution in [3.8, 4) is 5.75 Å². The van der Waals surface area contributed by atoms with Gasteiger partial charge in [-0.15, -0.1) is 0 Å². The Morgan fingerprint density at radius 3 is 2.58 bits per heavy atom. The minimum absolute atomic E-state index is 0.0154. The van der Waals surface area contributed by atoms with Crippen LogP contribution in [0, 0.1) is 6.92 Å². The first-order chi connectivity index (χ1) is 11.5. The Balaban J connectivity index is 1.55. The van der Waals surface area contributed by atoms with Crippen molar-refractivity contribution in [2.24, 2.45) is 0 Å². The van der Waals surface area contributed by atoms with Crippen LogP contribution < -0.4 is 10.4 Å². The van der Waals surface area contributed by atoms with E-state index in [4.69, 9.17) is 9.15 Å². The van der Waals surface area contributed by atoms with E-state index in [0.717, 1.165) is 12.8 Å². The van der Waals surface area contributed by atoms with E-state index in [-0.39, 0.29) is 12.0 Å². The highest BCUT2D eigenvalue weighted by atomic mass is 16.5. The van der Waals surface area contributed by atoms with Gasteiger partial charge in [-0.2, -0.15) is 0 Å². The van der Waals surface area contributed by atoms with Crippen LogP contribution in [0.4, 0.5) is 0 Å². The van der Waals surface area contributed by atoms with Gasteiger partial charge in [-0.3, -0.25) is 4.79 Å². The lowest BCUT2D eigenvalue weighted by atomic mass is 10.0. The number of hydrogen-bond donors (Lipinski definition) is 0. The molecule has 2 heterocycles. The number of hydrogen-bond acceptors (Lipinski definition) is 4. The number of carbonyl (C=O) groups excluding carboxylic acids is 1. The van der Waals surface area contributed by atoms with Crippen LogP contribution in [0.25, 0.3) is 0 Å². The lowest BCUT2D eigenvalue weighted by Crippen LogP contribution is -2.56. The molecule has 0 N–H and O–H groups in total. The fourth-order valence-electron chi connectivity index (χ4n) is 2.80. The molecule has 1 aromatic carbocycles. The summed E-state index contributed by atoms with van der Waals surface area (Å²) < 4.78 is 10.6. The molecule has 5 nitrogen and oxygen atoms in total. The van der Waals surface area contributed by atoms with E-state index in [2.05, 4.69) is 6.92 Å². The van der Waals surface area contributed by atoms with Gasteiger partial charge in [0.05, 0.1) is 19.2 Å². The third-order valence-corrected chi connectivity index (χ3v) is 4.04. The summed E-state index contributed by atoms with van der Waals surface area (Å²) in [6.45, 7) is 4.88. The normalized spacial score (nSPS) is 14.3. The van der Waals surface area contributed by atoms with Gasteiger partial charge >= 0.3 is 5.63 Å². The minimum atomic E-state index is -0.426. The second kappa shape index (κ2) is 6.91. The van der Waals surface area contributed by atoms with E-state index in [0.29, 0.717) is 30.2 Å². The Morgan fingerprint density at radius 1 is 1.25 bits per heavy atom. The smallest absolute Gasteiger partial charge is 0.339 e. The standard InChI is InChI=1S/C19H21NO4/c1-3-4-14-5-7-15(8-6-14)19(22)20-11-17(12-20)24-16-9-13(2)23-18(21)10-16/h5-10,17H,3-4,11-12H2,1-2H3. The van der Waals surface area contributed by atoms with Crippen molar-refractivity contribution in [3.63, 3.8) is 0 Å². The Hall–Kier alpha value is -2.56. The van der Waals surface area contributed by atoms with Gasteiger partial charge in [0.25, 0.3) is 5.91 Å². The second-order valence-corrected chi connectivity index (χ2v) is 6.12. The van der Waals surface area contributed by atoms with Crippen molar-refractivity contribution >= 4 is 5.91 Å². The zero-order valence-electron chi connectivity index (χ0n) is 14.0. The zero-order chi connectivity index (χ0) is 17.1. The predicted molar refractivity (Wildman–Crippen MR) is 90.5 cm³/mol. The molecule has 0 unspecified atom stereocenters. The van der Waals surface area contributed by atoms with Crippen molar-refractivity contribution in [2.45, 2.75) is 32.8 Å². The number of aryl methyl sites for hydroxylation is 2. The van der Waals surface area contributed by atoms with Gasteiger partial charge in [0.2, 0.25) is 0 Å². The molecule has 0 bridgehead atoms. The molecule has 24 heavy (non-hydrogen) atoms. The molecular weight excluding hydrogens is 306 g/mol. The van der Waals surface area contributed by atoms with Crippen LogP contribution in [0.3, 0.4) is 0 Å². The Labute approximate surface area is 140 Å². The van der Waals surface area contributed by atoms with Gasteiger partial charge < -0.3 is 14.1 Å². The van der Waals surface area contributed by atoms with E-state index in [1.807, 2.05) is 24.3 Å². The average molecular weight is 327 g/mol. The van der Waals surface area contributed by atoms with E-state index >= 15 is 0 Å². The van der Waals surface area contributed by atoms with Crippen molar-refractivity contribution in [3.05, 3.63) is 63.7 Å². The summed E-state index contributed by atoms with van der Waals surface area (Å²) in [6.07, 6.45) is 2.03. The van der Waals surface area contributed by atoms with Crippen molar-refractivity contribution in [1.29, 1.82) is 0 Å². The maximum atomic E-state index is 12.4. The summed E-state index contributed by atoms with van der Waals surface area (Å²) in [5.74, 6) is 1.02. The molecule has 1 aromatic heterocycles. The van der Waals surface area contributed by atoms with Crippen LogP contribution in [0.1, 0.15) is 35.0 Å². The molecule has 0 atom stereocenters. The Kier molecular flexibility index (Phi) is 4.69. The van der Waals surface area contributed by atoms with Gasteiger partial charge in [0.1, 0.15) is 17.6 Å². The van der Waals surface area contributed by atoms with Gasteiger partial charge in [0, 0.05) is 11.6 Å². The van der Waals surface area contributed by atoms with Crippen molar-refractivity contribution < 1.29 is 13.9 Å². The number of ether oxygens (including phenoxy) is 1. The number of benzene rings is 1. The molecule has 1 amide bonds. The highest BCUT2D eigenvalue weighted by Gasteiger charge is 2.32. The number of likely N-dealkylation sites (tertiary alicyclic amines) is 1. The fraction of sp³-hybridized carbons (Fsp3) is 0.368. The molecule has 5 heteroatoms. The van der Waals surface area contributed by atoms with E-state index in [1.165, 1.54) is 11.6 Å². The zero-order valence-corrected chi connectivity index (χ0v) is 14.0. The van der Waals surface area contributed by atoms with Gasteiger partial charge in [0.15, 0.2) is 0 Å². The summed E-state index contributed by atoms with van der Waals surface area (Å²) in [4.78, 5) is 25.5. The number of nitrogens with zero attached hydrogens (tertiary/aromatic N) is 1. The summed E-state index contributed by atoms with van der Waals surface area (Å²) in [5, 5.41) is 0. The molecule has 126 valence electrons. The maximum absolute atomic E-state index is 12.4. The van der Waals surface area contributed by atoms with Crippen LogP contribution in [-0.4, -0.2) is 30.0 Å². The quantitative estimate of drug-likeness (QED) is 0.847. The number of amides is 1. The molecule has 1 aliphatic heterocycles. The van der Waals surface area contributed by atoms with Gasteiger partial charge in [-0.05, 0) is 31.0 Å². The molecular formula is C19H21NO4. The first-order valence-corrected chi connectivity index (χ1v) is 8.22. The molecule has 0 spiro atoms. The van der Waals surface area contributed by atoms with E-state index in [9.17, 15) is 9.59 Å². The van der Waals surface area contributed by atoms with Crippen molar-refractivity contribution in [2.75, 3.05) is 13.1 Å². The molecule has 0 saturated carbocycles. The van der Waals surface area contributed by atoms with E-state index in [1.54, 1.807) is 17.9 Å². The van der Waals surface area contributed by atoms with Crippen molar-refractivity contribution in [1.82, 2.24) is 4.90 Å².